The van der Waals surface area contributed by atoms with Gasteiger partial charge in [0, 0.05) is 6.42 Å². The van der Waals surface area contributed by atoms with E-state index >= 15 is 0 Å². The predicted molar refractivity (Wildman–Crippen MR) is 64.1 cm³/mol. The van der Waals surface area contributed by atoms with E-state index in [0.29, 0.717) is 6.42 Å². The van der Waals surface area contributed by atoms with Gasteiger partial charge in [-0.15, -0.1) is 0 Å². The van der Waals surface area contributed by atoms with Crippen molar-refractivity contribution in [2.75, 3.05) is 0 Å². The smallest absolute Gasteiger partial charge is 0.405 e. The molecule has 0 bridgehead atoms. The van der Waals surface area contributed by atoms with Crippen LogP contribution in [0.25, 0.3) is 0 Å². The Morgan fingerprint density at radius 2 is 1.94 bits per heavy atom. The van der Waals surface area contributed by atoms with Gasteiger partial charge in [0.2, 0.25) is 0 Å². The first-order chi connectivity index (χ1) is 7.44. The number of carbonyl (C=O) groups is 1. The number of amides is 1. The molecule has 16 heavy (non-hydrogen) atoms. The van der Waals surface area contributed by atoms with E-state index in [9.17, 15) is 4.79 Å². The number of carbonyl (C=O) groups excluding carboxylic acids is 1. The summed E-state index contributed by atoms with van der Waals surface area (Å²) in [6.07, 6.45) is -0.0406. The second-order valence-corrected chi connectivity index (χ2v) is 4.55. The molecular weight excluding hydrogens is 202 g/mol. The highest BCUT2D eigenvalue weighted by Gasteiger charge is 2.32. The molecule has 0 heterocycles. The van der Waals surface area contributed by atoms with E-state index < -0.39 is 11.7 Å². The van der Waals surface area contributed by atoms with Crippen LogP contribution in [0.2, 0.25) is 0 Å². The lowest BCUT2D eigenvalue weighted by molar-refractivity contribution is -0.00435. The molecule has 1 rings (SSSR count). The van der Waals surface area contributed by atoms with Gasteiger partial charge in [-0.2, -0.15) is 0 Å². The van der Waals surface area contributed by atoms with E-state index in [1.54, 1.807) is 0 Å². The number of rotatable bonds is 4. The van der Waals surface area contributed by atoms with Crippen LogP contribution in [-0.4, -0.2) is 11.7 Å². The highest BCUT2D eigenvalue weighted by atomic mass is 16.6. The van der Waals surface area contributed by atoms with Crippen LogP contribution in [0.15, 0.2) is 30.3 Å². The molecule has 0 aromatic heterocycles. The minimum absolute atomic E-state index is 0.209. The summed E-state index contributed by atoms with van der Waals surface area (Å²) in [7, 11) is 0. The SMILES string of the molecule is CC(C)C(C)(Cc1ccccc1)OC(N)=O. The van der Waals surface area contributed by atoms with E-state index in [0.717, 1.165) is 5.56 Å². The van der Waals surface area contributed by atoms with E-state index in [2.05, 4.69) is 0 Å². The minimum Gasteiger partial charge on any atom is -0.443 e. The van der Waals surface area contributed by atoms with E-state index in [1.807, 2.05) is 51.1 Å². The Bertz CT molecular complexity index is 348. The Labute approximate surface area is 96.6 Å². The molecule has 0 fully saturated rings. The zero-order chi connectivity index (χ0) is 12.2. The monoisotopic (exact) mass is 221 g/mol. The van der Waals surface area contributed by atoms with Crippen LogP contribution in [-0.2, 0) is 11.2 Å². The number of nitrogens with two attached hydrogens (primary N) is 1. The van der Waals surface area contributed by atoms with Gasteiger partial charge in [-0.3, -0.25) is 0 Å². The van der Waals surface area contributed by atoms with E-state index in [1.165, 1.54) is 0 Å². The Morgan fingerprint density at radius 1 is 1.38 bits per heavy atom. The Hall–Kier alpha value is -1.51. The summed E-state index contributed by atoms with van der Waals surface area (Å²) in [4.78, 5) is 10.9. The van der Waals surface area contributed by atoms with Crippen LogP contribution >= 0.6 is 0 Å². The van der Waals surface area contributed by atoms with E-state index in [-0.39, 0.29) is 5.92 Å². The molecule has 0 saturated carbocycles. The third-order valence-corrected chi connectivity index (χ3v) is 2.95. The topological polar surface area (TPSA) is 52.3 Å². The molecule has 0 aliphatic heterocycles. The molecule has 3 nitrogen and oxygen atoms in total. The molecule has 1 aromatic rings. The molecule has 1 unspecified atom stereocenters. The Morgan fingerprint density at radius 3 is 2.38 bits per heavy atom. The second kappa shape index (κ2) is 5.01. The summed E-state index contributed by atoms with van der Waals surface area (Å²) in [5.41, 5.74) is 5.70. The van der Waals surface area contributed by atoms with Crippen molar-refractivity contribution in [1.29, 1.82) is 0 Å². The van der Waals surface area contributed by atoms with Gasteiger partial charge in [-0.25, -0.2) is 4.79 Å². The maximum absolute atomic E-state index is 10.9. The van der Waals surface area contributed by atoms with Crippen molar-refractivity contribution in [2.24, 2.45) is 11.7 Å². The van der Waals surface area contributed by atoms with Crippen molar-refractivity contribution in [1.82, 2.24) is 0 Å². The lowest BCUT2D eigenvalue weighted by atomic mass is 9.86. The molecule has 1 amide bonds. The predicted octanol–water partition coefficient (Wildman–Crippen LogP) is 2.74. The fourth-order valence-corrected chi connectivity index (χ4v) is 1.59. The van der Waals surface area contributed by atoms with Gasteiger partial charge in [0.1, 0.15) is 5.60 Å². The summed E-state index contributed by atoms with van der Waals surface area (Å²) in [6, 6.07) is 9.95. The summed E-state index contributed by atoms with van der Waals surface area (Å²) >= 11 is 0. The van der Waals surface area contributed by atoms with Crippen molar-refractivity contribution >= 4 is 6.09 Å². The van der Waals surface area contributed by atoms with Gasteiger partial charge in [-0.05, 0) is 18.4 Å². The average Bonchev–Trinajstić information content (AvgIpc) is 2.17. The molecular formula is C13H19NO2. The van der Waals surface area contributed by atoms with Crippen LogP contribution in [0.3, 0.4) is 0 Å². The third kappa shape index (κ3) is 3.26. The van der Waals surface area contributed by atoms with E-state index in [4.69, 9.17) is 10.5 Å². The van der Waals surface area contributed by atoms with Crippen LogP contribution in [0.1, 0.15) is 26.3 Å². The van der Waals surface area contributed by atoms with Crippen LogP contribution < -0.4 is 5.73 Å². The number of primary amides is 1. The van der Waals surface area contributed by atoms with Gasteiger partial charge in [-0.1, -0.05) is 44.2 Å². The number of hydrogen-bond acceptors (Lipinski definition) is 2. The molecule has 1 atom stereocenters. The van der Waals surface area contributed by atoms with Crippen LogP contribution in [0.4, 0.5) is 4.79 Å². The summed E-state index contributed by atoms with van der Waals surface area (Å²) < 4.78 is 5.24. The lowest BCUT2D eigenvalue weighted by Crippen LogP contribution is -2.41. The zero-order valence-corrected chi connectivity index (χ0v) is 10.1. The van der Waals surface area contributed by atoms with Gasteiger partial charge >= 0.3 is 6.09 Å². The van der Waals surface area contributed by atoms with Crippen LogP contribution in [0, 0.1) is 5.92 Å². The van der Waals surface area contributed by atoms with Gasteiger partial charge in [0.05, 0.1) is 0 Å². The molecule has 88 valence electrons. The van der Waals surface area contributed by atoms with Crippen molar-refractivity contribution in [3.8, 4) is 0 Å². The standard InChI is InChI=1S/C13H19NO2/c1-10(2)13(3,16-12(14)15)9-11-7-5-4-6-8-11/h4-8,10H,9H2,1-3H3,(H2,14,15). The highest BCUT2D eigenvalue weighted by molar-refractivity contribution is 5.65. The molecule has 1 aromatic carbocycles. The number of benzene rings is 1. The molecule has 0 aliphatic rings. The first kappa shape index (κ1) is 12.6. The fraction of sp³-hybridized carbons (Fsp3) is 0.462. The molecule has 0 spiro atoms. The highest BCUT2D eigenvalue weighted by Crippen LogP contribution is 2.26. The van der Waals surface area contributed by atoms with Crippen molar-refractivity contribution < 1.29 is 9.53 Å². The molecule has 0 saturated heterocycles. The molecule has 0 aliphatic carbocycles. The summed E-state index contributed by atoms with van der Waals surface area (Å²) in [5, 5.41) is 0. The van der Waals surface area contributed by atoms with Gasteiger partial charge in [0.25, 0.3) is 0 Å². The summed E-state index contributed by atoms with van der Waals surface area (Å²) in [5.74, 6) is 0.209. The van der Waals surface area contributed by atoms with Gasteiger partial charge in [0.15, 0.2) is 0 Å². The van der Waals surface area contributed by atoms with Crippen molar-refractivity contribution in [2.45, 2.75) is 32.8 Å². The van der Waals surface area contributed by atoms with Gasteiger partial charge < -0.3 is 10.5 Å². The van der Waals surface area contributed by atoms with Crippen LogP contribution in [0.5, 0.6) is 0 Å². The third-order valence-electron chi connectivity index (χ3n) is 2.95. The minimum atomic E-state index is -0.716. The fourth-order valence-electron chi connectivity index (χ4n) is 1.59. The Kier molecular flexibility index (Phi) is 3.93. The average molecular weight is 221 g/mol. The number of ether oxygens (including phenoxy) is 1. The molecule has 2 N–H and O–H groups in total. The van der Waals surface area contributed by atoms with Crippen molar-refractivity contribution in [3.05, 3.63) is 35.9 Å². The molecule has 0 radical (unpaired) electrons. The van der Waals surface area contributed by atoms with Crippen molar-refractivity contribution in [3.63, 3.8) is 0 Å². The summed E-state index contributed by atoms with van der Waals surface area (Å²) in [6.45, 7) is 5.95. The maximum atomic E-state index is 10.9. The number of hydrogen-bond donors (Lipinski definition) is 1. The first-order valence-electron chi connectivity index (χ1n) is 5.46. The quantitative estimate of drug-likeness (QED) is 0.849. The zero-order valence-electron chi connectivity index (χ0n) is 10.1. The lowest BCUT2D eigenvalue weighted by Gasteiger charge is -2.32. The maximum Gasteiger partial charge on any atom is 0.405 e. The molecule has 3 heteroatoms. The largest absolute Gasteiger partial charge is 0.443 e. The second-order valence-electron chi connectivity index (χ2n) is 4.55. The normalized spacial score (nSPS) is 14.5. The Balaban J connectivity index is 2.83. The first-order valence-corrected chi connectivity index (χ1v) is 5.46.